The standard InChI is InChI=1S/C16H24N4/c1-12-10-13(8-9-19(12)2)17-11-15-14-6-4-5-7-16(14)20(3)18-15/h4-7,12-13,17H,8-11H2,1-3H3. The lowest BCUT2D eigenvalue weighted by molar-refractivity contribution is 0.168. The fourth-order valence-electron chi connectivity index (χ4n) is 3.14. The van der Waals surface area contributed by atoms with E-state index in [9.17, 15) is 0 Å². The molecule has 3 rings (SSSR count). The van der Waals surface area contributed by atoms with Gasteiger partial charge in [-0.1, -0.05) is 18.2 Å². The number of fused-ring (bicyclic) bond motifs is 1. The lowest BCUT2D eigenvalue weighted by atomic mass is 9.99. The number of nitrogens with one attached hydrogen (secondary N) is 1. The average molecular weight is 272 g/mol. The fourth-order valence-corrected chi connectivity index (χ4v) is 3.14. The van der Waals surface area contributed by atoms with E-state index in [0.29, 0.717) is 12.1 Å². The van der Waals surface area contributed by atoms with Crippen molar-refractivity contribution < 1.29 is 0 Å². The summed E-state index contributed by atoms with van der Waals surface area (Å²) in [7, 11) is 4.23. The summed E-state index contributed by atoms with van der Waals surface area (Å²) in [4.78, 5) is 2.44. The molecule has 0 spiro atoms. The van der Waals surface area contributed by atoms with Gasteiger partial charge >= 0.3 is 0 Å². The van der Waals surface area contributed by atoms with E-state index in [-0.39, 0.29) is 0 Å². The number of hydrogen-bond donors (Lipinski definition) is 1. The third kappa shape index (κ3) is 2.58. The second-order valence-electron chi connectivity index (χ2n) is 6.02. The van der Waals surface area contributed by atoms with Crippen LogP contribution in [-0.2, 0) is 13.6 Å². The number of nitrogens with zero attached hydrogens (tertiary/aromatic N) is 3. The van der Waals surface area contributed by atoms with Gasteiger partial charge in [0.25, 0.3) is 0 Å². The first-order valence-corrected chi connectivity index (χ1v) is 7.49. The lowest BCUT2D eigenvalue weighted by Gasteiger charge is -2.35. The van der Waals surface area contributed by atoms with Gasteiger partial charge in [0, 0.05) is 31.1 Å². The minimum absolute atomic E-state index is 0.613. The van der Waals surface area contributed by atoms with Crippen molar-refractivity contribution in [1.82, 2.24) is 20.0 Å². The maximum absolute atomic E-state index is 4.65. The zero-order valence-corrected chi connectivity index (χ0v) is 12.6. The molecule has 1 N–H and O–H groups in total. The van der Waals surface area contributed by atoms with Crippen molar-refractivity contribution in [2.45, 2.75) is 38.4 Å². The predicted molar refractivity (Wildman–Crippen MR) is 82.7 cm³/mol. The Morgan fingerprint density at radius 1 is 1.30 bits per heavy atom. The van der Waals surface area contributed by atoms with Gasteiger partial charge in [-0.25, -0.2) is 0 Å². The first-order chi connectivity index (χ1) is 9.65. The number of benzene rings is 1. The summed E-state index contributed by atoms with van der Waals surface area (Å²) in [5.41, 5.74) is 2.37. The summed E-state index contributed by atoms with van der Waals surface area (Å²) in [6, 6.07) is 9.73. The minimum atomic E-state index is 0.613. The molecule has 0 radical (unpaired) electrons. The van der Waals surface area contributed by atoms with Crippen LogP contribution in [0.1, 0.15) is 25.5 Å². The monoisotopic (exact) mass is 272 g/mol. The second kappa shape index (κ2) is 5.54. The SMILES string of the molecule is CC1CC(NCc2nn(C)c3ccccc23)CCN1C. The van der Waals surface area contributed by atoms with E-state index in [1.54, 1.807) is 0 Å². The molecule has 0 amide bonds. The Kier molecular flexibility index (Phi) is 3.76. The molecule has 4 heteroatoms. The van der Waals surface area contributed by atoms with Crippen molar-refractivity contribution in [2.75, 3.05) is 13.6 Å². The van der Waals surface area contributed by atoms with E-state index in [1.165, 1.54) is 30.3 Å². The van der Waals surface area contributed by atoms with Crippen LogP contribution in [0.5, 0.6) is 0 Å². The molecule has 1 saturated heterocycles. The summed E-state index contributed by atoms with van der Waals surface area (Å²) in [5, 5.41) is 9.61. The predicted octanol–water partition coefficient (Wildman–Crippen LogP) is 2.15. The molecular formula is C16H24N4. The number of aromatic nitrogens is 2. The largest absolute Gasteiger partial charge is 0.308 e. The molecule has 1 aromatic heterocycles. The van der Waals surface area contributed by atoms with E-state index in [2.05, 4.69) is 53.6 Å². The number of para-hydroxylation sites is 1. The van der Waals surface area contributed by atoms with Crippen LogP contribution in [0.3, 0.4) is 0 Å². The zero-order valence-electron chi connectivity index (χ0n) is 12.6. The van der Waals surface area contributed by atoms with Crippen molar-refractivity contribution in [3.05, 3.63) is 30.0 Å². The number of piperidine rings is 1. The molecule has 20 heavy (non-hydrogen) atoms. The Labute approximate surface area is 120 Å². The maximum atomic E-state index is 4.65. The highest BCUT2D eigenvalue weighted by Gasteiger charge is 2.22. The summed E-state index contributed by atoms with van der Waals surface area (Å²) in [6.07, 6.45) is 2.45. The van der Waals surface area contributed by atoms with Crippen molar-refractivity contribution in [3.8, 4) is 0 Å². The van der Waals surface area contributed by atoms with Gasteiger partial charge < -0.3 is 10.2 Å². The molecule has 1 aliphatic rings. The summed E-state index contributed by atoms with van der Waals surface area (Å²) >= 11 is 0. The van der Waals surface area contributed by atoms with Gasteiger partial charge in [-0.15, -0.1) is 0 Å². The Morgan fingerprint density at radius 2 is 2.10 bits per heavy atom. The first kappa shape index (κ1) is 13.6. The van der Waals surface area contributed by atoms with Crippen LogP contribution >= 0.6 is 0 Å². The van der Waals surface area contributed by atoms with Crippen LogP contribution in [-0.4, -0.2) is 40.4 Å². The molecule has 108 valence electrons. The average Bonchev–Trinajstić information content (AvgIpc) is 2.78. The maximum Gasteiger partial charge on any atom is 0.0841 e. The van der Waals surface area contributed by atoms with Crippen LogP contribution in [0.4, 0.5) is 0 Å². The molecule has 0 bridgehead atoms. The smallest absolute Gasteiger partial charge is 0.0841 e. The molecule has 2 aromatic rings. The Balaban J connectivity index is 1.68. The summed E-state index contributed by atoms with van der Waals surface area (Å²) in [6.45, 7) is 4.36. The molecule has 1 aromatic carbocycles. The highest BCUT2D eigenvalue weighted by Crippen LogP contribution is 2.19. The minimum Gasteiger partial charge on any atom is -0.308 e. The Hall–Kier alpha value is -1.39. The van der Waals surface area contributed by atoms with E-state index < -0.39 is 0 Å². The quantitative estimate of drug-likeness (QED) is 0.929. The van der Waals surface area contributed by atoms with Crippen LogP contribution in [0.25, 0.3) is 10.9 Å². The molecule has 2 unspecified atom stereocenters. The van der Waals surface area contributed by atoms with Gasteiger partial charge in [0.2, 0.25) is 0 Å². The molecular weight excluding hydrogens is 248 g/mol. The number of rotatable bonds is 3. The van der Waals surface area contributed by atoms with Crippen LogP contribution in [0, 0.1) is 0 Å². The van der Waals surface area contributed by atoms with Crippen molar-refractivity contribution in [2.24, 2.45) is 7.05 Å². The first-order valence-electron chi connectivity index (χ1n) is 7.49. The molecule has 4 nitrogen and oxygen atoms in total. The van der Waals surface area contributed by atoms with Crippen molar-refractivity contribution in [3.63, 3.8) is 0 Å². The Morgan fingerprint density at radius 3 is 2.90 bits per heavy atom. The molecule has 0 saturated carbocycles. The highest BCUT2D eigenvalue weighted by atomic mass is 15.3. The third-order valence-corrected chi connectivity index (χ3v) is 4.60. The topological polar surface area (TPSA) is 33.1 Å². The van der Waals surface area contributed by atoms with Gasteiger partial charge in [0.1, 0.15) is 0 Å². The summed E-state index contributed by atoms with van der Waals surface area (Å²) in [5.74, 6) is 0. The molecule has 0 aliphatic carbocycles. The zero-order chi connectivity index (χ0) is 14.1. The number of likely N-dealkylation sites (tertiary alicyclic amines) is 1. The van der Waals surface area contributed by atoms with Crippen LogP contribution in [0.2, 0.25) is 0 Å². The fraction of sp³-hybridized carbons (Fsp3) is 0.562. The molecule has 2 heterocycles. The Bertz CT molecular complexity index is 589. The van der Waals surface area contributed by atoms with Gasteiger partial charge in [0.15, 0.2) is 0 Å². The van der Waals surface area contributed by atoms with Crippen molar-refractivity contribution >= 4 is 10.9 Å². The molecule has 1 fully saturated rings. The van der Waals surface area contributed by atoms with E-state index in [4.69, 9.17) is 0 Å². The van der Waals surface area contributed by atoms with Gasteiger partial charge in [-0.05, 0) is 39.4 Å². The highest BCUT2D eigenvalue weighted by molar-refractivity contribution is 5.81. The second-order valence-corrected chi connectivity index (χ2v) is 6.02. The van der Waals surface area contributed by atoms with Gasteiger partial charge in [-0.3, -0.25) is 4.68 Å². The van der Waals surface area contributed by atoms with E-state index in [0.717, 1.165) is 12.2 Å². The lowest BCUT2D eigenvalue weighted by Crippen LogP contribution is -2.45. The molecule has 1 aliphatic heterocycles. The normalized spacial score (nSPS) is 24.4. The third-order valence-electron chi connectivity index (χ3n) is 4.60. The van der Waals surface area contributed by atoms with E-state index in [1.807, 2.05) is 11.7 Å². The van der Waals surface area contributed by atoms with Crippen molar-refractivity contribution in [1.29, 1.82) is 0 Å². The number of hydrogen-bond acceptors (Lipinski definition) is 3. The number of aryl methyl sites for hydroxylation is 1. The van der Waals surface area contributed by atoms with Gasteiger partial charge in [-0.2, -0.15) is 5.10 Å². The summed E-state index contributed by atoms with van der Waals surface area (Å²) < 4.78 is 1.98. The van der Waals surface area contributed by atoms with Crippen LogP contribution in [0.15, 0.2) is 24.3 Å². The van der Waals surface area contributed by atoms with E-state index >= 15 is 0 Å². The van der Waals surface area contributed by atoms with Gasteiger partial charge in [0.05, 0.1) is 11.2 Å². The van der Waals surface area contributed by atoms with Crippen LogP contribution < -0.4 is 5.32 Å². The molecule has 2 atom stereocenters.